The number of nitrogen functional groups attached to an aromatic ring is 1. The Hall–Kier alpha value is -1.72. The Kier molecular flexibility index (Phi) is 3.08. The van der Waals surface area contributed by atoms with E-state index in [0.717, 1.165) is 55.3 Å². The molecule has 0 amide bonds. The Bertz CT molecular complexity index is 478. The zero-order valence-electron chi connectivity index (χ0n) is 11.4. The number of rotatable bonds is 2. The second kappa shape index (κ2) is 4.75. The highest BCUT2D eigenvalue weighted by Crippen LogP contribution is 2.35. The first-order valence-corrected chi connectivity index (χ1v) is 7.08. The molecule has 1 aromatic rings. The molecule has 3 rings (SSSR count). The molecule has 3 heterocycles. The molecule has 0 atom stereocenters. The minimum Gasteiger partial charge on any atom is -0.740 e. The lowest BCUT2D eigenvalue weighted by Crippen LogP contribution is -2.39. The molecule has 6 nitrogen and oxygen atoms in total. The minimum atomic E-state index is 0.302. The van der Waals surface area contributed by atoms with Crippen LogP contribution in [0, 0.1) is 12.1 Å². The largest absolute Gasteiger partial charge is 0.740 e. The fourth-order valence-electron chi connectivity index (χ4n) is 3.03. The molecule has 0 radical (unpaired) electrons. The van der Waals surface area contributed by atoms with E-state index >= 15 is 0 Å². The van der Waals surface area contributed by atoms with Crippen molar-refractivity contribution in [3.63, 3.8) is 0 Å². The third kappa shape index (κ3) is 2.05. The van der Waals surface area contributed by atoms with Crippen LogP contribution in [0.1, 0.15) is 31.5 Å². The van der Waals surface area contributed by atoms with E-state index in [-0.39, 0.29) is 0 Å². The maximum absolute atomic E-state index is 12.0. The molecular formula is C13H21N5O. The van der Waals surface area contributed by atoms with Gasteiger partial charge in [0.15, 0.2) is 5.69 Å². The summed E-state index contributed by atoms with van der Waals surface area (Å²) in [7, 11) is 0. The maximum atomic E-state index is 12.0. The van der Waals surface area contributed by atoms with Crippen molar-refractivity contribution in [1.29, 1.82) is 0 Å². The standard InChI is InChI=1S/C13H21N5O/c1-10-15-13(17-8-4-5-9-17)11(12(14)18(10)19)16-6-2-3-7-16/h2-9,14H2,1H3. The van der Waals surface area contributed by atoms with E-state index in [4.69, 9.17) is 5.73 Å². The Morgan fingerprint density at radius 2 is 1.58 bits per heavy atom. The van der Waals surface area contributed by atoms with Gasteiger partial charge in [-0.25, -0.2) is 4.73 Å². The molecule has 0 bridgehead atoms. The van der Waals surface area contributed by atoms with Gasteiger partial charge in [-0.05, 0) is 25.7 Å². The normalized spacial score (nSPS) is 19.4. The second-order valence-electron chi connectivity index (χ2n) is 5.40. The third-order valence-electron chi connectivity index (χ3n) is 4.06. The highest BCUT2D eigenvalue weighted by Gasteiger charge is 2.30. The average Bonchev–Trinajstić information content (AvgIpc) is 3.07. The summed E-state index contributed by atoms with van der Waals surface area (Å²) in [5.41, 5.74) is 6.92. The van der Waals surface area contributed by atoms with E-state index < -0.39 is 0 Å². The van der Waals surface area contributed by atoms with Crippen LogP contribution < -0.4 is 20.3 Å². The lowest BCUT2D eigenvalue weighted by molar-refractivity contribution is -0.599. The van der Waals surface area contributed by atoms with Crippen LogP contribution in [0.2, 0.25) is 0 Å². The van der Waals surface area contributed by atoms with E-state index in [1.807, 2.05) is 0 Å². The fourth-order valence-corrected chi connectivity index (χ4v) is 3.03. The van der Waals surface area contributed by atoms with Gasteiger partial charge in [-0.2, -0.15) is 0 Å². The molecule has 2 N–H and O–H groups in total. The molecule has 104 valence electrons. The average molecular weight is 263 g/mol. The molecule has 0 unspecified atom stereocenters. The molecule has 1 aromatic heterocycles. The second-order valence-corrected chi connectivity index (χ2v) is 5.40. The van der Waals surface area contributed by atoms with Gasteiger partial charge < -0.3 is 20.7 Å². The van der Waals surface area contributed by atoms with Gasteiger partial charge >= 0.3 is 0 Å². The Balaban J connectivity index is 2.09. The molecule has 0 spiro atoms. The van der Waals surface area contributed by atoms with E-state index in [1.165, 1.54) is 12.8 Å². The van der Waals surface area contributed by atoms with Gasteiger partial charge in [0.25, 0.3) is 0 Å². The zero-order valence-corrected chi connectivity index (χ0v) is 11.4. The SMILES string of the molecule is Cc1nc(N2CCCC2)c(N2CCCC2)c(N)[n+]1[O-]. The molecule has 2 aliphatic rings. The number of aromatic nitrogens is 2. The smallest absolute Gasteiger partial charge is 0.249 e. The van der Waals surface area contributed by atoms with Gasteiger partial charge in [0.2, 0.25) is 17.5 Å². The van der Waals surface area contributed by atoms with Crippen molar-refractivity contribution in [2.45, 2.75) is 32.6 Å². The number of aryl methyl sites for hydroxylation is 1. The number of hydrogen-bond donors (Lipinski definition) is 1. The molecule has 2 fully saturated rings. The van der Waals surface area contributed by atoms with Crippen LogP contribution in [-0.4, -0.2) is 31.2 Å². The van der Waals surface area contributed by atoms with Gasteiger partial charge in [-0.1, -0.05) is 4.98 Å². The quantitative estimate of drug-likeness (QED) is 0.631. The first-order chi connectivity index (χ1) is 9.18. The van der Waals surface area contributed by atoms with Crippen molar-refractivity contribution in [2.75, 3.05) is 41.7 Å². The molecule has 2 aliphatic heterocycles. The predicted octanol–water partition coefficient (Wildman–Crippen LogP) is 0.806. The number of nitrogens with zero attached hydrogens (tertiary/aromatic N) is 4. The highest BCUT2D eigenvalue weighted by atomic mass is 16.5. The van der Waals surface area contributed by atoms with Crippen LogP contribution in [0.5, 0.6) is 0 Å². The number of anilines is 3. The summed E-state index contributed by atoms with van der Waals surface area (Å²) in [4.78, 5) is 8.99. The number of hydrogen-bond acceptors (Lipinski definition) is 5. The summed E-state index contributed by atoms with van der Waals surface area (Å²) in [6, 6.07) is 0. The van der Waals surface area contributed by atoms with Crippen LogP contribution >= 0.6 is 0 Å². The van der Waals surface area contributed by atoms with Crippen LogP contribution in [0.4, 0.5) is 17.3 Å². The van der Waals surface area contributed by atoms with Crippen LogP contribution in [0.25, 0.3) is 0 Å². The maximum Gasteiger partial charge on any atom is 0.249 e. The minimum absolute atomic E-state index is 0.302. The van der Waals surface area contributed by atoms with Crippen LogP contribution in [0.3, 0.4) is 0 Å². The summed E-state index contributed by atoms with van der Waals surface area (Å²) in [6.07, 6.45) is 4.69. The summed E-state index contributed by atoms with van der Waals surface area (Å²) >= 11 is 0. The predicted molar refractivity (Wildman–Crippen MR) is 75.2 cm³/mol. The Labute approximate surface area is 113 Å². The monoisotopic (exact) mass is 263 g/mol. The molecule has 2 saturated heterocycles. The van der Waals surface area contributed by atoms with Gasteiger partial charge in [-0.15, -0.1) is 0 Å². The summed E-state index contributed by atoms with van der Waals surface area (Å²) in [5, 5.41) is 12.0. The van der Waals surface area contributed by atoms with E-state index in [9.17, 15) is 5.21 Å². The van der Waals surface area contributed by atoms with Gasteiger partial charge in [0.1, 0.15) is 0 Å². The van der Waals surface area contributed by atoms with Crippen LogP contribution in [-0.2, 0) is 0 Å². The van der Waals surface area contributed by atoms with Crippen molar-refractivity contribution >= 4 is 17.3 Å². The molecular weight excluding hydrogens is 242 g/mol. The summed E-state index contributed by atoms with van der Waals surface area (Å²) in [5.74, 6) is 1.64. The summed E-state index contributed by atoms with van der Waals surface area (Å²) in [6.45, 7) is 5.67. The molecule has 0 aliphatic carbocycles. The van der Waals surface area contributed by atoms with Crippen molar-refractivity contribution < 1.29 is 4.73 Å². The van der Waals surface area contributed by atoms with Crippen molar-refractivity contribution in [3.8, 4) is 0 Å². The van der Waals surface area contributed by atoms with E-state index in [1.54, 1.807) is 6.92 Å². The zero-order chi connectivity index (χ0) is 13.4. The van der Waals surface area contributed by atoms with Gasteiger partial charge in [0.05, 0.1) is 0 Å². The lowest BCUT2D eigenvalue weighted by atomic mass is 10.3. The Morgan fingerprint density at radius 3 is 2.16 bits per heavy atom. The molecule has 0 saturated carbocycles. The fraction of sp³-hybridized carbons (Fsp3) is 0.692. The van der Waals surface area contributed by atoms with Gasteiger partial charge in [-0.3, -0.25) is 0 Å². The molecule has 0 aromatic carbocycles. The van der Waals surface area contributed by atoms with Crippen LogP contribution in [0.15, 0.2) is 0 Å². The first kappa shape index (κ1) is 12.3. The van der Waals surface area contributed by atoms with Crippen molar-refractivity contribution in [1.82, 2.24) is 4.98 Å². The number of nitrogens with two attached hydrogens (primary N) is 1. The van der Waals surface area contributed by atoms with Crippen molar-refractivity contribution in [3.05, 3.63) is 11.0 Å². The summed E-state index contributed by atoms with van der Waals surface area (Å²) < 4.78 is 0.757. The highest BCUT2D eigenvalue weighted by molar-refractivity contribution is 5.76. The first-order valence-electron chi connectivity index (χ1n) is 7.08. The van der Waals surface area contributed by atoms with Gasteiger partial charge in [0, 0.05) is 33.1 Å². The molecule has 19 heavy (non-hydrogen) atoms. The lowest BCUT2D eigenvalue weighted by Gasteiger charge is -2.26. The van der Waals surface area contributed by atoms with E-state index in [0.29, 0.717) is 11.6 Å². The Morgan fingerprint density at radius 1 is 1.05 bits per heavy atom. The van der Waals surface area contributed by atoms with E-state index in [2.05, 4.69) is 14.8 Å². The topological polar surface area (TPSA) is 72.3 Å². The third-order valence-corrected chi connectivity index (χ3v) is 4.06. The van der Waals surface area contributed by atoms with Crippen molar-refractivity contribution in [2.24, 2.45) is 0 Å². The molecule has 6 heteroatoms.